The Morgan fingerprint density at radius 2 is 1.76 bits per heavy atom. The lowest BCUT2D eigenvalue weighted by atomic mass is 10.0. The van der Waals surface area contributed by atoms with Gasteiger partial charge in [-0.1, -0.05) is 32.0 Å². The van der Waals surface area contributed by atoms with Crippen molar-refractivity contribution in [3.05, 3.63) is 60.2 Å². The van der Waals surface area contributed by atoms with E-state index in [1.54, 1.807) is 18.3 Å². The van der Waals surface area contributed by atoms with Crippen molar-refractivity contribution in [2.45, 2.75) is 26.4 Å². The van der Waals surface area contributed by atoms with Crippen LogP contribution in [-0.2, 0) is 16.1 Å². The van der Waals surface area contributed by atoms with Crippen LogP contribution in [0.25, 0.3) is 10.9 Å². The Bertz CT molecular complexity index is 1150. The van der Waals surface area contributed by atoms with E-state index in [-0.39, 0.29) is 17.8 Å². The molecular formula is C25H30N6O3. The zero-order valence-electron chi connectivity index (χ0n) is 19.8. The molecule has 0 spiro atoms. The van der Waals surface area contributed by atoms with Crippen molar-refractivity contribution in [2.75, 3.05) is 38.6 Å². The number of aromatic nitrogens is 3. The van der Waals surface area contributed by atoms with Crippen LogP contribution in [0.4, 0.5) is 5.82 Å². The van der Waals surface area contributed by atoms with Gasteiger partial charge in [-0.2, -0.15) is 0 Å². The lowest BCUT2D eigenvalue weighted by Crippen LogP contribution is -2.48. The highest BCUT2D eigenvalue weighted by Crippen LogP contribution is 2.23. The van der Waals surface area contributed by atoms with E-state index in [1.165, 1.54) is 7.11 Å². The highest BCUT2D eigenvalue weighted by molar-refractivity contribution is 5.92. The van der Waals surface area contributed by atoms with Gasteiger partial charge in [-0.3, -0.25) is 14.7 Å². The Labute approximate surface area is 199 Å². The van der Waals surface area contributed by atoms with Crippen molar-refractivity contribution in [3.8, 4) is 0 Å². The highest BCUT2D eigenvalue weighted by atomic mass is 16.5. The molecule has 3 aromatic rings. The number of rotatable bonds is 7. The van der Waals surface area contributed by atoms with E-state index in [1.807, 2.05) is 49.1 Å². The number of ether oxygens (including phenoxy) is 1. The molecule has 0 aliphatic carbocycles. The first-order valence-corrected chi connectivity index (χ1v) is 11.5. The summed E-state index contributed by atoms with van der Waals surface area (Å²) in [7, 11) is 1.39. The van der Waals surface area contributed by atoms with Crippen LogP contribution in [0.5, 0.6) is 0 Å². The van der Waals surface area contributed by atoms with Crippen LogP contribution in [-0.4, -0.2) is 76.0 Å². The molecule has 0 saturated carbocycles. The summed E-state index contributed by atoms with van der Waals surface area (Å²) < 4.78 is 4.98. The maximum Gasteiger partial charge on any atom is 0.328 e. The molecule has 1 aliphatic rings. The van der Waals surface area contributed by atoms with Gasteiger partial charge in [0, 0.05) is 37.8 Å². The summed E-state index contributed by atoms with van der Waals surface area (Å²) in [6, 6.07) is 12.6. The lowest BCUT2D eigenvalue weighted by Gasteiger charge is -2.34. The van der Waals surface area contributed by atoms with E-state index in [0.29, 0.717) is 50.1 Å². The minimum Gasteiger partial charge on any atom is -0.467 e. The summed E-state index contributed by atoms with van der Waals surface area (Å²) in [4.78, 5) is 42.7. The zero-order chi connectivity index (χ0) is 24.1. The fourth-order valence-corrected chi connectivity index (χ4v) is 4.04. The number of hydrogen-bond acceptors (Lipinski definition) is 8. The number of hydrogen-bond donors (Lipinski definition) is 1. The van der Waals surface area contributed by atoms with E-state index in [9.17, 15) is 9.59 Å². The van der Waals surface area contributed by atoms with Gasteiger partial charge in [0.15, 0.2) is 0 Å². The summed E-state index contributed by atoms with van der Waals surface area (Å²) in [5, 5.41) is 4.14. The summed E-state index contributed by atoms with van der Waals surface area (Å²) >= 11 is 0. The van der Waals surface area contributed by atoms with Crippen LogP contribution >= 0.6 is 0 Å². The van der Waals surface area contributed by atoms with E-state index < -0.39 is 6.04 Å². The average molecular weight is 463 g/mol. The van der Waals surface area contributed by atoms with Crippen LogP contribution in [0.1, 0.15) is 30.2 Å². The molecule has 0 radical (unpaired) electrons. The third kappa shape index (κ3) is 5.31. The normalized spacial score (nSPS) is 15.4. The van der Waals surface area contributed by atoms with Gasteiger partial charge in [-0.05, 0) is 30.2 Å². The van der Waals surface area contributed by atoms with Gasteiger partial charge in [0.25, 0.3) is 5.91 Å². The second-order valence-electron chi connectivity index (χ2n) is 8.68. The monoisotopic (exact) mass is 462 g/mol. The molecule has 1 N–H and O–H groups in total. The fraction of sp³-hybridized carbons (Fsp3) is 0.400. The number of methoxy groups -OCH3 is 1. The Kier molecular flexibility index (Phi) is 7.32. The van der Waals surface area contributed by atoms with Crippen molar-refractivity contribution in [2.24, 2.45) is 5.92 Å². The highest BCUT2D eigenvalue weighted by Gasteiger charge is 2.26. The fourth-order valence-electron chi connectivity index (χ4n) is 4.04. The molecule has 4 rings (SSSR count). The molecule has 178 valence electrons. The number of nitrogens with one attached hydrogen (secondary N) is 1. The van der Waals surface area contributed by atoms with Crippen LogP contribution < -0.4 is 5.32 Å². The van der Waals surface area contributed by atoms with Crippen LogP contribution in [0, 0.1) is 5.92 Å². The predicted octanol–water partition coefficient (Wildman–Crippen LogP) is 2.59. The third-order valence-electron chi connectivity index (χ3n) is 5.97. The Balaban J connectivity index is 1.48. The quantitative estimate of drug-likeness (QED) is 0.535. The van der Waals surface area contributed by atoms with Crippen molar-refractivity contribution < 1.29 is 14.3 Å². The number of carbonyl (C=O) groups excluding carboxylic acids is 2. The van der Waals surface area contributed by atoms with Gasteiger partial charge in [0.05, 0.1) is 19.2 Å². The van der Waals surface area contributed by atoms with Crippen molar-refractivity contribution in [1.29, 1.82) is 0 Å². The lowest BCUT2D eigenvalue weighted by molar-refractivity contribution is -0.142. The van der Waals surface area contributed by atoms with Crippen molar-refractivity contribution in [1.82, 2.24) is 24.8 Å². The Hall–Kier alpha value is -3.59. The third-order valence-corrected chi connectivity index (χ3v) is 5.97. The number of anilines is 1. The maximum absolute atomic E-state index is 12.7. The largest absolute Gasteiger partial charge is 0.467 e. The van der Waals surface area contributed by atoms with Gasteiger partial charge in [0.2, 0.25) is 0 Å². The van der Waals surface area contributed by atoms with E-state index in [2.05, 4.69) is 15.2 Å². The molecule has 2 aromatic heterocycles. The molecule has 9 nitrogen and oxygen atoms in total. The summed E-state index contributed by atoms with van der Waals surface area (Å²) in [5.74, 6) is 0.935. The molecule has 9 heteroatoms. The standard InChI is InChI=1S/C25H30N6O3/c1-17(2)22(25(33)34-3)29-23-18-8-4-5-9-19(18)27-21(28-23)16-30-12-14-31(15-13-30)24(32)20-10-6-7-11-26-20/h4-11,17,22H,12-16H2,1-3H3,(H,27,28,29)/t22-/m0/s1. The molecule has 0 bridgehead atoms. The smallest absolute Gasteiger partial charge is 0.328 e. The van der Waals surface area contributed by atoms with Gasteiger partial charge in [0.1, 0.15) is 23.4 Å². The summed E-state index contributed by atoms with van der Waals surface area (Å²) in [6.45, 7) is 7.14. The second-order valence-corrected chi connectivity index (χ2v) is 8.68. The maximum atomic E-state index is 12.7. The summed E-state index contributed by atoms with van der Waals surface area (Å²) in [6.07, 6.45) is 1.64. The molecule has 34 heavy (non-hydrogen) atoms. The van der Waals surface area contributed by atoms with Crippen molar-refractivity contribution in [3.63, 3.8) is 0 Å². The number of carbonyl (C=O) groups is 2. The molecule has 1 atom stereocenters. The Morgan fingerprint density at radius 3 is 2.44 bits per heavy atom. The SMILES string of the molecule is COC(=O)[C@@H](Nc1nc(CN2CCN(C(=O)c3ccccn3)CC2)nc2ccccc12)C(C)C. The van der Waals surface area contributed by atoms with Gasteiger partial charge in [-0.15, -0.1) is 0 Å². The summed E-state index contributed by atoms with van der Waals surface area (Å²) in [5.41, 5.74) is 1.28. The second kappa shape index (κ2) is 10.6. The van der Waals surface area contributed by atoms with Crippen LogP contribution in [0.2, 0.25) is 0 Å². The number of para-hydroxylation sites is 1. The zero-order valence-corrected chi connectivity index (χ0v) is 19.8. The van der Waals surface area contributed by atoms with Crippen LogP contribution in [0.3, 0.4) is 0 Å². The van der Waals surface area contributed by atoms with E-state index in [4.69, 9.17) is 14.7 Å². The minimum absolute atomic E-state index is 0.0225. The van der Waals surface area contributed by atoms with E-state index >= 15 is 0 Å². The molecule has 1 aromatic carbocycles. The average Bonchev–Trinajstić information content (AvgIpc) is 2.87. The first kappa shape index (κ1) is 23.6. The van der Waals surface area contributed by atoms with Gasteiger partial charge in [-0.25, -0.2) is 14.8 Å². The molecular weight excluding hydrogens is 432 g/mol. The Morgan fingerprint density at radius 1 is 1.03 bits per heavy atom. The first-order chi connectivity index (χ1) is 16.5. The van der Waals surface area contributed by atoms with Gasteiger partial charge >= 0.3 is 5.97 Å². The van der Waals surface area contributed by atoms with Gasteiger partial charge < -0.3 is 15.0 Å². The minimum atomic E-state index is -0.516. The van der Waals surface area contributed by atoms with Crippen molar-refractivity contribution >= 4 is 28.6 Å². The number of nitrogens with zero attached hydrogens (tertiary/aromatic N) is 5. The number of esters is 1. The molecule has 1 saturated heterocycles. The first-order valence-electron chi connectivity index (χ1n) is 11.5. The predicted molar refractivity (Wildman–Crippen MR) is 129 cm³/mol. The number of piperazine rings is 1. The molecule has 3 heterocycles. The molecule has 1 amide bonds. The molecule has 1 fully saturated rings. The molecule has 1 aliphatic heterocycles. The number of pyridine rings is 1. The topological polar surface area (TPSA) is 101 Å². The van der Waals surface area contributed by atoms with Crippen LogP contribution in [0.15, 0.2) is 48.7 Å². The number of amides is 1. The van der Waals surface area contributed by atoms with E-state index in [0.717, 1.165) is 10.9 Å². The molecule has 0 unspecified atom stereocenters. The number of fused-ring (bicyclic) bond motifs is 1. The number of benzene rings is 1.